The Balaban J connectivity index is 1.78. The highest BCUT2D eigenvalue weighted by Gasteiger charge is 2.38. The van der Waals surface area contributed by atoms with Crippen molar-refractivity contribution in [1.29, 1.82) is 0 Å². The van der Waals surface area contributed by atoms with Gasteiger partial charge in [0.25, 0.3) is 6.17 Å². The lowest BCUT2D eigenvalue weighted by Crippen LogP contribution is -2.28. The number of hydroxylamine groups is 1. The molecule has 1 atom stereocenters. The first-order valence-electron chi connectivity index (χ1n) is 8.61. The number of benzene rings is 3. The van der Waals surface area contributed by atoms with E-state index in [9.17, 15) is 5.21 Å². The molecule has 0 fully saturated rings. The number of methoxy groups -OCH3 is 1. The van der Waals surface area contributed by atoms with Crippen molar-refractivity contribution in [1.82, 2.24) is 0 Å². The van der Waals surface area contributed by atoms with E-state index >= 15 is 0 Å². The van der Waals surface area contributed by atoms with Crippen LogP contribution in [-0.4, -0.2) is 24.1 Å². The van der Waals surface area contributed by atoms with Crippen LogP contribution in [0.3, 0.4) is 0 Å². The molecule has 4 rings (SSSR count). The van der Waals surface area contributed by atoms with Gasteiger partial charge in [0.1, 0.15) is 12.3 Å². The third kappa shape index (κ3) is 2.90. The molecule has 1 aliphatic rings. The van der Waals surface area contributed by atoms with Gasteiger partial charge < -0.3 is 9.94 Å². The summed E-state index contributed by atoms with van der Waals surface area (Å²) >= 11 is 0. The first kappa shape index (κ1) is 16.2. The van der Waals surface area contributed by atoms with Gasteiger partial charge in [0.2, 0.25) is 5.71 Å². The largest absolute Gasteiger partial charge is 0.622 e. The topological polar surface area (TPSA) is 38.5 Å². The maximum absolute atomic E-state index is 13.2. The second-order valence-corrected chi connectivity index (χ2v) is 6.25. The molecule has 0 N–H and O–H groups in total. The summed E-state index contributed by atoms with van der Waals surface area (Å²) in [6.45, 7) is 0.555. The fourth-order valence-corrected chi connectivity index (χ4v) is 3.39. The van der Waals surface area contributed by atoms with Crippen LogP contribution in [0.15, 0.2) is 84.9 Å². The van der Waals surface area contributed by atoms with E-state index in [2.05, 4.69) is 4.90 Å². The Morgan fingerprint density at radius 3 is 2.12 bits per heavy atom. The fraction of sp³-hybridized carbons (Fsp3) is 0.136. The van der Waals surface area contributed by atoms with Crippen LogP contribution < -0.4 is 9.64 Å². The summed E-state index contributed by atoms with van der Waals surface area (Å²) in [5, 5.41) is 13.2. The average molecular weight is 344 g/mol. The van der Waals surface area contributed by atoms with E-state index in [1.807, 2.05) is 84.9 Å². The minimum atomic E-state index is -0.389. The molecule has 0 radical (unpaired) electrons. The second kappa shape index (κ2) is 6.92. The zero-order valence-electron chi connectivity index (χ0n) is 14.6. The van der Waals surface area contributed by atoms with Crippen LogP contribution in [0.4, 0.5) is 5.69 Å². The zero-order chi connectivity index (χ0) is 17.9. The van der Waals surface area contributed by atoms with E-state index in [1.54, 1.807) is 7.11 Å². The molecule has 1 aliphatic heterocycles. The van der Waals surface area contributed by atoms with Crippen LogP contribution in [0.5, 0.6) is 5.75 Å². The Hall–Kier alpha value is -3.27. The fourth-order valence-electron chi connectivity index (χ4n) is 3.39. The van der Waals surface area contributed by atoms with Gasteiger partial charge in [0, 0.05) is 16.8 Å². The van der Waals surface area contributed by atoms with Gasteiger partial charge in [-0.1, -0.05) is 48.5 Å². The molecule has 0 aromatic heterocycles. The number of hydrogen-bond donors (Lipinski definition) is 0. The smallest absolute Gasteiger partial charge is 0.266 e. The van der Waals surface area contributed by atoms with Crippen LogP contribution in [0.2, 0.25) is 0 Å². The molecule has 26 heavy (non-hydrogen) atoms. The maximum atomic E-state index is 13.2. The number of hydrogen-bond acceptors (Lipinski definition) is 3. The van der Waals surface area contributed by atoms with E-state index in [0.29, 0.717) is 6.54 Å². The normalized spacial score (nSPS) is 16.8. The summed E-state index contributed by atoms with van der Waals surface area (Å²) in [6.07, 6.45) is -0.389. The SMILES string of the molecule is COc1ccc(N2CC(c3ccccc3)=[N+]([O-])[C@@H]2c2ccccc2)cc1. The van der Waals surface area contributed by atoms with Crippen molar-refractivity contribution in [3.05, 3.63) is 101 Å². The summed E-state index contributed by atoms with van der Waals surface area (Å²) in [5.74, 6) is 0.801. The molecule has 0 unspecified atom stereocenters. The van der Waals surface area contributed by atoms with E-state index in [1.165, 1.54) is 0 Å². The maximum Gasteiger partial charge on any atom is 0.266 e. The first-order chi connectivity index (χ1) is 12.8. The Morgan fingerprint density at radius 2 is 1.50 bits per heavy atom. The second-order valence-electron chi connectivity index (χ2n) is 6.25. The van der Waals surface area contributed by atoms with Crippen LogP contribution >= 0.6 is 0 Å². The number of rotatable bonds is 4. The number of ether oxygens (including phenoxy) is 1. The van der Waals surface area contributed by atoms with Crippen molar-refractivity contribution in [2.45, 2.75) is 6.17 Å². The van der Waals surface area contributed by atoms with Crippen molar-refractivity contribution in [3.8, 4) is 5.75 Å². The van der Waals surface area contributed by atoms with Gasteiger partial charge >= 0.3 is 0 Å². The highest BCUT2D eigenvalue weighted by molar-refractivity contribution is 6.01. The molecule has 3 aromatic carbocycles. The Labute approximate surface area is 153 Å². The lowest BCUT2D eigenvalue weighted by molar-refractivity contribution is -0.497. The van der Waals surface area contributed by atoms with Crippen molar-refractivity contribution >= 4 is 11.4 Å². The number of anilines is 1. The van der Waals surface area contributed by atoms with E-state index in [4.69, 9.17) is 4.74 Å². The third-order valence-electron chi connectivity index (χ3n) is 4.71. The van der Waals surface area contributed by atoms with Crippen molar-refractivity contribution in [2.24, 2.45) is 0 Å². The van der Waals surface area contributed by atoms with Gasteiger partial charge in [0.15, 0.2) is 0 Å². The molecular formula is C22H20N2O2. The van der Waals surface area contributed by atoms with Crippen LogP contribution in [0.1, 0.15) is 17.3 Å². The van der Waals surface area contributed by atoms with Crippen LogP contribution in [-0.2, 0) is 0 Å². The highest BCUT2D eigenvalue weighted by Crippen LogP contribution is 2.33. The van der Waals surface area contributed by atoms with Crippen molar-refractivity contribution < 1.29 is 9.48 Å². The average Bonchev–Trinajstić information content (AvgIpc) is 3.06. The lowest BCUT2D eigenvalue weighted by Gasteiger charge is -2.24. The van der Waals surface area contributed by atoms with Gasteiger partial charge in [-0.2, -0.15) is 4.74 Å². The Morgan fingerprint density at radius 1 is 0.885 bits per heavy atom. The molecule has 4 heteroatoms. The van der Waals surface area contributed by atoms with Crippen LogP contribution in [0, 0.1) is 5.21 Å². The molecule has 3 aromatic rings. The molecule has 0 amide bonds. The Kier molecular flexibility index (Phi) is 4.32. The summed E-state index contributed by atoms with van der Waals surface area (Å²) in [7, 11) is 1.65. The van der Waals surface area contributed by atoms with Crippen molar-refractivity contribution in [3.63, 3.8) is 0 Å². The molecule has 4 nitrogen and oxygen atoms in total. The monoisotopic (exact) mass is 344 g/mol. The molecule has 0 saturated carbocycles. The minimum Gasteiger partial charge on any atom is -0.622 e. The first-order valence-corrected chi connectivity index (χ1v) is 8.61. The van der Waals surface area contributed by atoms with E-state index in [0.717, 1.165) is 33.0 Å². The minimum absolute atomic E-state index is 0.389. The molecular weight excluding hydrogens is 324 g/mol. The molecule has 130 valence electrons. The predicted octanol–water partition coefficient (Wildman–Crippen LogP) is 4.21. The van der Waals surface area contributed by atoms with Gasteiger partial charge in [-0.05, 0) is 36.4 Å². The summed E-state index contributed by atoms with van der Waals surface area (Å²) < 4.78 is 6.39. The lowest BCUT2D eigenvalue weighted by atomic mass is 10.1. The Bertz CT molecular complexity index is 906. The van der Waals surface area contributed by atoms with Crippen molar-refractivity contribution in [2.75, 3.05) is 18.6 Å². The summed E-state index contributed by atoms with van der Waals surface area (Å²) in [4.78, 5) is 2.13. The van der Waals surface area contributed by atoms with Crippen LogP contribution in [0.25, 0.3) is 0 Å². The third-order valence-corrected chi connectivity index (χ3v) is 4.71. The zero-order valence-corrected chi connectivity index (χ0v) is 14.6. The number of nitrogens with zero attached hydrogens (tertiary/aromatic N) is 2. The highest BCUT2D eigenvalue weighted by atomic mass is 16.5. The molecule has 1 heterocycles. The predicted molar refractivity (Wildman–Crippen MR) is 104 cm³/mol. The molecule has 0 aliphatic carbocycles. The molecule has 0 bridgehead atoms. The summed E-state index contributed by atoms with van der Waals surface area (Å²) in [6, 6.07) is 27.6. The van der Waals surface area contributed by atoms with Gasteiger partial charge in [0.05, 0.1) is 7.11 Å². The van der Waals surface area contributed by atoms with E-state index in [-0.39, 0.29) is 6.17 Å². The van der Waals surface area contributed by atoms with E-state index < -0.39 is 0 Å². The van der Waals surface area contributed by atoms with Gasteiger partial charge in [-0.15, -0.1) is 0 Å². The standard InChI is InChI=1S/C22H20N2O2/c1-26-20-14-12-19(13-15-20)23-16-21(17-8-4-2-5-9-17)24(25)22(23)18-10-6-3-7-11-18/h2-15,22H,16H2,1H3/t22-/m1/s1. The van der Waals surface area contributed by atoms with Gasteiger partial charge in [-0.25, -0.2) is 0 Å². The summed E-state index contributed by atoms with van der Waals surface area (Å²) in [5.41, 5.74) is 3.70. The quantitative estimate of drug-likeness (QED) is 0.525. The molecule has 0 saturated heterocycles. The molecule has 0 spiro atoms. The van der Waals surface area contributed by atoms with Gasteiger partial charge in [-0.3, -0.25) is 4.90 Å².